The van der Waals surface area contributed by atoms with E-state index in [-0.39, 0.29) is 5.97 Å². The first-order valence-corrected chi connectivity index (χ1v) is 11.3. The number of hydrogen-bond donors (Lipinski definition) is 0. The molecule has 0 saturated carbocycles. The maximum absolute atomic E-state index is 12.5. The zero-order valence-corrected chi connectivity index (χ0v) is 18.2. The molecule has 0 amide bonds. The summed E-state index contributed by atoms with van der Waals surface area (Å²) in [6.45, 7) is 1.82. The number of benzene rings is 3. The molecule has 3 rings (SSSR count). The minimum Gasteiger partial charge on any atom is -0.402 e. The zero-order chi connectivity index (χ0) is 18.6. The van der Waals surface area contributed by atoms with Crippen molar-refractivity contribution >= 4 is 48.1 Å². The Labute approximate surface area is 172 Å². The van der Waals surface area contributed by atoms with E-state index in [0.29, 0.717) is 6.42 Å². The van der Waals surface area contributed by atoms with Crippen molar-refractivity contribution in [3.8, 4) is 0 Å². The van der Waals surface area contributed by atoms with Crippen molar-refractivity contribution in [3.63, 3.8) is 0 Å². The molecule has 0 atom stereocenters. The fourth-order valence-corrected chi connectivity index (χ4v) is 6.23. The van der Waals surface area contributed by atoms with Crippen LogP contribution in [0.1, 0.15) is 13.3 Å². The van der Waals surface area contributed by atoms with Gasteiger partial charge in [-0.1, -0.05) is 57.0 Å². The van der Waals surface area contributed by atoms with Crippen LogP contribution in [0.4, 0.5) is 0 Å². The van der Waals surface area contributed by atoms with Gasteiger partial charge in [0.1, 0.15) is 0 Å². The fraction of sp³-hybridized carbons (Fsp3) is 0.0952. The van der Waals surface area contributed by atoms with Crippen LogP contribution in [0.2, 0.25) is 0 Å². The number of rotatable bonds is 5. The Bertz CT molecular complexity index is 833. The summed E-state index contributed by atoms with van der Waals surface area (Å²) in [5.41, 5.74) is 0. The summed E-state index contributed by atoms with van der Waals surface area (Å²) < 4.78 is 8.21. The molecular formula is C21H18Br2O2S. The largest absolute Gasteiger partial charge is 0.402 e. The number of carbonyl (C=O) groups excluding carboxylic acids is 1. The van der Waals surface area contributed by atoms with Crippen LogP contribution in [0.3, 0.4) is 0 Å². The Hall–Kier alpha value is -1.56. The van der Waals surface area contributed by atoms with E-state index in [0.717, 1.165) is 23.6 Å². The second-order valence-corrected chi connectivity index (χ2v) is 10.1. The number of hydrogen-bond acceptors (Lipinski definition) is 2. The minimum atomic E-state index is -2.17. The SMILES string of the molecule is CCC(=O)OS(c1ccccc1)(c1ccc(Br)cc1)c1ccc(Br)cc1. The van der Waals surface area contributed by atoms with E-state index >= 15 is 0 Å². The highest BCUT2D eigenvalue weighted by atomic mass is 79.9. The summed E-state index contributed by atoms with van der Waals surface area (Å²) in [5.74, 6) is -0.213. The Morgan fingerprint density at radius 1 is 0.769 bits per heavy atom. The highest BCUT2D eigenvalue weighted by molar-refractivity contribution is 9.10. The summed E-state index contributed by atoms with van der Waals surface area (Å²) in [6, 6.07) is 26.0. The maximum Gasteiger partial charge on any atom is 0.316 e. The third kappa shape index (κ3) is 3.90. The summed E-state index contributed by atoms with van der Waals surface area (Å²) in [4.78, 5) is 15.4. The van der Waals surface area contributed by atoms with Gasteiger partial charge in [0.25, 0.3) is 0 Å². The highest BCUT2D eigenvalue weighted by Crippen LogP contribution is 2.69. The van der Waals surface area contributed by atoms with Crippen LogP contribution in [-0.2, 0) is 8.98 Å². The molecule has 0 bridgehead atoms. The van der Waals surface area contributed by atoms with Gasteiger partial charge in [-0.25, -0.2) is 0 Å². The molecule has 0 aliphatic carbocycles. The number of carbonyl (C=O) groups is 1. The minimum absolute atomic E-state index is 0.213. The fourth-order valence-electron chi connectivity index (χ4n) is 2.62. The van der Waals surface area contributed by atoms with Crippen LogP contribution in [0.25, 0.3) is 0 Å². The van der Waals surface area contributed by atoms with Gasteiger partial charge in [0.15, 0.2) is 0 Å². The quantitative estimate of drug-likeness (QED) is 0.371. The molecule has 0 N–H and O–H groups in total. The lowest BCUT2D eigenvalue weighted by molar-refractivity contribution is -0.133. The van der Waals surface area contributed by atoms with Gasteiger partial charge in [0.2, 0.25) is 0 Å². The predicted octanol–water partition coefficient (Wildman–Crippen LogP) is 7.36. The van der Waals surface area contributed by atoms with Gasteiger partial charge in [0.05, 0.1) is 0 Å². The maximum atomic E-state index is 12.5. The lowest BCUT2D eigenvalue weighted by Crippen LogP contribution is -2.12. The van der Waals surface area contributed by atoms with Crippen molar-refractivity contribution in [3.05, 3.63) is 87.8 Å². The van der Waals surface area contributed by atoms with E-state index in [2.05, 4.69) is 31.9 Å². The van der Waals surface area contributed by atoms with E-state index in [1.165, 1.54) is 0 Å². The molecule has 0 heterocycles. The molecule has 5 heteroatoms. The first kappa shape index (κ1) is 19.2. The van der Waals surface area contributed by atoms with Crippen molar-refractivity contribution in [2.75, 3.05) is 0 Å². The van der Waals surface area contributed by atoms with E-state index in [4.69, 9.17) is 4.18 Å². The average Bonchev–Trinajstić information content (AvgIpc) is 2.68. The van der Waals surface area contributed by atoms with E-state index in [1.54, 1.807) is 0 Å². The topological polar surface area (TPSA) is 26.3 Å². The van der Waals surface area contributed by atoms with Crippen molar-refractivity contribution in [2.45, 2.75) is 28.0 Å². The molecule has 0 aliphatic heterocycles. The van der Waals surface area contributed by atoms with Crippen LogP contribution in [0, 0.1) is 0 Å². The Morgan fingerprint density at radius 2 is 1.19 bits per heavy atom. The molecular weight excluding hydrogens is 476 g/mol. The summed E-state index contributed by atoms with van der Waals surface area (Å²) in [7, 11) is -2.17. The molecule has 0 fully saturated rings. The summed E-state index contributed by atoms with van der Waals surface area (Å²) >= 11 is 6.99. The molecule has 0 saturated heterocycles. The van der Waals surface area contributed by atoms with Gasteiger partial charge in [0, 0.05) is 30.1 Å². The average molecular weight is 494 g/mol. The molecule has 3 aromatic rings. The van der Waals surface area contributed by atoms with Crippen molar-refractivity contribution < 1.29 is 8.98 Å². The van der Waals surface area contributed by atoms with Gasteiger partial charge in [-0.15, -0.1) is 0 Å². The number of halogens is 2. The second-order valence-electron chi connectivity index (χ2n) is 5.59. The highest BCUT2D eigenvalue weighted by Gasteiger charge is 2.35. The summed E-state index contributed by atoms with van der Waals surface area (Å²) in [5, 5.41) is 0. The van der Waals surface area contributed by atoms with Crippen LogP contribution in [0.15, 0.2) is 102 Å². The zero-order valence-electron chi connectivity index (χ0n) is 14.2. The molecule has 0 unspecified atom stereocenters. The van der Waals surface area contributed by atoms with Gasteiger partial charge in [-0.05, 0) is 71.0 Å². The van der Waals surface area contributed by atoms with Crippen LogP contribution >= 0.6 is 42.2 Å². The first-order valence-electron chi connectivity index (χ1n) is 8.18. The van der Waals surface area contributed by atoms with Gasteiger partial charge >= 0.3 is 5.97 Å². The lowest BCUT2D eigenvalue weighted by atomic mass is 10.4. The monoisotopic (exact) mass is 492 g/mol. The van der Waals surface area contributed by atoms with Gasteiger partial charge in [-0.3, -0.25) is 4.79 Å². The van der Waals surface area contributed by atoms with E-state index in [1.807, 2.05) is 85.8 Å². The van der Waals surface area contributed by atoms with Crippen LogP contribution in [-0.4, -0.2) is 5.97 Å². The summed E-state index contributed by atoms with van der Waals surface area (Å²) in [6.07, 6.45) is 0.328. The van der Waals surface area contributed by atoms with E-state index < -0.39 is 10.3 Å². The lowest BCUT2D eigenvalue weighted by Gasteiger charge is -2.39. The smallest absolute Gasteiger partial charge is 0.316 e. The van der Waals surface area contributed by atoms with Crippen molar-refractivity contribution in [1.82, 2.24) is 0 Å². The second kappa shape index (κ2) is 8.42. The van der Waals surface area contributed by atoms with Crippen molar-refractivity contribution in [2.24, 2.45) is 0 Å². The van der Waals surface area contributed by atoms with Crippen molar-refractivity contribution in [1.29, 1.82) is 0 Å². The van der Waals surface area contributed by atoms with Crippen LogP contribution in [0.5, 0.6) is 0 Å². The molecule has 2 nitrogen and oxygen atoms in total. The standard InChI is InChI=1S/C21H18Br2O2S/c1-2-21(24)25-26(18-6-4-3-5-7-18,19-12-8-16(22)9-13-19)20-14-10-17(23)11-15-20/h3-15H,2H2,1H3. The molecule has 134 valence electrons. The predicted molar refractivity (Wildman–Crippen MR) is 113 cm³/mol. The Morgan fingerprint density at radius 3 is 1.62 bits per heavy atom. The molecule has 0 aliphatic rings. The van der Waals surface area contributed by atoms with Crippen LogP contribution < -0.4 is 0 Å². The molecule has 26 heavy (non-hydrogen) atoms. The van der Waals surface area contributed by atoms with E-state index in [9.17, 15) is 4.79 Å². The molecule has 0 aromatic heterocycles. The third-order valence-electron chi connectivity index (χ3n) is 3.87. The Balaban J connectivity index is 2.31. The molecule has 0 spiro atoms. The Kier molecular flexibility index (Phi) is 6.22. The molecule has 0 radical (unpaired) electrons. The van der Waals surface area contributed by atoms with Gasteiger partial charge in [-0.2, -0.15) is 0 Å². The van der Waals surface area contributed by atoms with Gasteiger partial charge < -0.3 is 4.18 Å². The molecule has 3 aromatic carbocycles. The first-order chi connectivity index (χ1) is 12.6. The third-order valence-corrected chi connectivity index (χ3v) is 8.17. The normalized spacial score (nSPS) is 11.8.